The molecule has 0 aliphatic rings. The van der Waals surface area contributed by atoms with Crippen LogP contribution in [0.3, 0.4) is 0 Å². The average Bonchev–Trinajstić information content (AvgIpc) is 2.58. The molecule has 5 nitrogen and oxygen atoms in total. The summed E-state index contributed by atoms with van der Waals surface area (Å²) in [4.78, 5) is 23.4. The van der Waals surface area contributed by atoms with Crippen molar-refractivity contribution >= 4 is 11.9 Å². The van der Waals surface area contributed by atoms with Crippen LogP contribution in [0.4, 0.5) is 0 Å². The molecule has 1 atom stereocenters. The minimum atomic E-state index is -1.11. The second-order valence-corrected chi connectivity index (χ2v) is 5.77. The van der Waals surface area contributed by atoms with Crippen molar-refractivity contribution in [2.45, 2.75) is 25.8 Å². The van der Waals surface area contributed by atoms with E-state index in [1.807, 2.05) is 18.2 Å². The van der Waals surface area contributed by atoms with E-state index < -0.39 is 17.9 Å². The van der Waals surface area contributed by atoms with Crippen LogP contribution in [0.15, 0.2) is 54.6 Å². The molecule has 2 rings (SSSR count). The molecule has 24 heavy (non-hydrogen) atoms. The molecule has 2 aromatic carbocycles. The zero-order valence-electron chi connectivity index (χ0n) is 13.7. The van der Waals surface area contributed by atoms with Gasteiger partial charge in [-0.05, 0) is 29.2 Å². The molecule has 0 aromatic heterocycles. The van der Waals surface area contributed by atoms with E-state index in [-0.39, 0.29) is 6.61 Å². The van der Waals surface area contributed by atoms with Gasteiger partial charge in [0.25, 0.3) is 5.91 Å². The Labute approximate surface area is 141 Å². The molecule has 0 spiro atoms. The van der Waals surface area contributed by atoms with Crippen molar-refractivity contribution in [1.29, 1.82) is 0 Å². The van der Waals surface area contributed by atoms with Gasteiger partial charge in [-0.15, -0.1) is 0 Å². The van der Waals surface area contributed by atoms with Gasteiger partial charge in [0.1, 0.15) is 5.75 Å². The van der Waals surface area contributed by atoms with E-state index in [0.717, 1.165) is 5.56 Å². The molecule has 0 saturated carbocycles. The van der Waals surface area contributed by atoms with Crippen molar-refractivity contribution in [2.75, 3.05) is 6.61 Å². The molecule has 2 aromatic rings. The molecule has 0 radical (unpaired) electrons. The van der Waals surface area contributed by atoms with Crippen LogP contribution in [0.5, 0.6) is 5.75 Å². The van der Waals surface area contributed by atoms with Gasteiger partial charge in [0.2, 0.25) is 0 Å². The summed E-state index contributed by atoms with van der Waals surface area (Å²) in [6, 6.07) is 15.0. The fourth-order valence-electron chi connectivity index (χ4n) is 2.25. The van der Waals surface area contributed by atoms with E-state index in [1.165, 1.54) is 0 Å². The quantitative estimate of drug-likeness (QED) is 0.819. The Hall–Kier alpha value is -2.82. The van der Waals surface area contributed by atoms with Crippen molar-refractivity contribution in [2.24, 2.45) is 0 Å². The van der Waals surface area contributed by atoms with E-state index in [2.05, 4.69) is 19.2 Å². The van der Waals surface area contributed by atoms with Crippen LogP contribution in [-0.2, 0) is 9.59 Å². The van der Waals surface area contributed by atoms with Gasteiger partial charge >= 0.3 is 5.97 Å². The molecule has 0 bridgehead atoms. The fraction of sp³-hybridized carbons (Fsp3) is 0.263. The summed E-state index contributed by atoms with van der Waals surface area (Å²) in [6.07, 6.45) is 0. The van der Waals surface area contributed by atoms with Crippen molar-refractivity contribution < 1.29 is 19.4 Å². The largest absolute Gasteiger partial charge is 0.484 e. The lowest BCUT2D eigenvalue weighted by atomic mass is 10.0. The number of aliphatic carboxylic acids is 1. The molecule has 0 heterocycles. The fourth-order valence-corrected chi connectivity index (χ4v) is 2.25. The highest BCUT2D eigenvalue weighted by Crippen LogP contribution is 2.20. The Morgan fingerprint density at radius 2 is 1.71 bits per heavy atom. The molecule has 0 unspecified atom stereocenters. The van der Waals surface area contributed by atoms with E-state index in [0.29, 0.717) is 17.2 Å². The van der Waals surface area contributed by atoms with Crippen LogP contribution in [-0.4, -0.2) is 23.6 Å². The highest BCUT2D eigenvalue weighted by molar-refractivity contribution is 5.85. The summed E-state index contributed by atoms with van der Waals surface area (Å²) in [5.74, 6) is -0.655. The van der Waals surface area contributed by atoms with Gasteiger partial charge in [0, 0.05) is 0 Å². The third-order valence-electron chi connectivity index (χ3n) is 3.58. The summed E-state index contributed by atoms with van der Waals surface area (Å²) in [5.41, 5.74) is 1.63. The summed E-state index contributed by atoms with van der Waals surface area (Å²) < 4.78 is 5.47. The number of carboxylic acid groups (broad SMARTS) is 1. The van der Waals surface area contributed by atoms with Crippen LogP contribution in [0.1, 0.15) is 36.9 Å². The van der Waals surface area contributed by atoms with E-state index in [4.69, 9.17) is 4.74 Å². The maximum Gasteiger partial charge on any atom is 0.330 e. The zero-order valence-corrected chi connectivity index (χ0v) is 13.7. The summed E-state index contributed by atoms with van der Waals surface area (Å²) >= 11 is 0. The zero-order chi connectivity index (χ0) is 17.5. The molecule has 0 aliphatic carbocycles. The monoisotopic (exact) mass is 327 g/mol. The molecule has 1 amide bonds. The number of nitrogens with one attached hydrogen (secondary N) is 1. The molecule has 5 heteroatoms. The van der Waals surface area contributed by atoms with Crippen molar-refractivity contribution in [1.82, 2.24) is 5.32 Å². The highest BCUT2D eigenvalue weighted by Gasteiger charge is 2.21. The van der Waals surface area contributed by atoms with Gasteiger partial charge in [-0.1, -0.05) is 56.3 Å². The van der Waals surface area contributed by atoms with Crippen LogP contribution < -0.4 is 10.1 Å². The number of hydrogen-bond donors (Lipinski definition) is 2. The first-order valence-electron chi connectivity index (χ1n) is 7.77. The predicted octanol–water partition coefficient (Wildman–Crippen LogP) is 3.13. The number of benzene rings is 2. The molecule has 0 saturated heterocycles. The van der Waals surface area contributed by atoms with E-state index in [1.54, 1.807) is 36.4 Å². The van der Waals surface area contributed by atoms with Gasteiger partial charge in [-0.3, -0.25) is 4.79 Å². The number of carbonyl (C=O) groups is 2. The number of hydrogen-bond acceptors (Lipinski definition) is 3. The van der Waals surface area contributed by atoms with Crippen LogP contribution >= 0.6 is 0 Å². The minimum Gasteiger partial charge on any atom is -0.484 e. The summed E-state index contributed by atoms with van der Waals surface area (Å²) in [5, 5.41) is 11.8. The standard InChI is InChI=1S/C19H21NO4/c1-13(2)15-9-6-10-16(11-15)24-12-17(21)20-18(19(22)23)14-7-4-3-5-8-14/h3-11,13,18H,12H2,1-2H3,(H,20,21)(H,22,23)/t18-/m1/s1. The van der Waals surface area contributed by atoms with Crippen LogP contribution in [0.2, 0.25) is 0 Å². The topological polar surface area (TPSA) is 75.6 Å². The number of carboxylic acids is 1. The number of ether oxygens (including phenoxy) is 1. The van der Waals surface area contributed by atoms with Gasteiger partial charge in [-0.25, -0.2) is 4.79 Å². The van der Waals surface area contributed by atoms with E-state index >= 15 is 0 Å². The highest BCUT2D eigenvalue weighted by atomic mass is 16.5. The maximum atomic E-state index is 12.0. The van der Waals surface area contributed by atoms with Gasteiger partial charge in [0.05, 0.1) is 0 Å². The lowest BCUT2D eigenvalue weighted by Crippen LogP contribution is -2.36. The minimum absolute atomic E-state index is 0.238. The first-order chi connectivity index (χ1) is 11.5. The molecule has 0 aliphatic heterocycles. The second-order valence-electron chi connectivity index (χ2n) is 5.77. The Bertz CT molecular complexity index is 698. The third kappa shape index (κ3) is 4.84. The number of rotatable bonds is 7. The van der Waals surface area contributed by atoms with Gasteiger partial charge in [0.15, 0.2) is 12.6 Å². The van der Waals surface area contributed by atoms with Crippen LogP contribution in [0, 0.1) is 0 Å². The molecular formula is C19H21NO4. The Morgan fingerprint density at radius 3 is 2.33 bits per heavy atom. The van der Waals surface area contributed by atoms with Crippen LogP contribution in [0.25, 0.3) is 0 Å². The van der Waals surface area contributed by atoms with Crippen molar-refractivity contribution in [3.8, 4) is 5.75 Å². The van der Waals surface area contributed by atoms with Gasteiger partial charge in [-0.2, -0.15) is 0 Å². The first kappa shape index (κ1) is 17.5. The lowest BCUT2D eigenvalue weighted by Gasteiger charge is -2.15. The average molecular weight is 327 g/mol. The smallest absolute Gasteiger partial charge is 0.330 e. The lowest BCUT2D eigenvalue weighted by molar-refractivity contribution is -0.142. The Morgan fingerprint density at radius 1 is 1.04 bits per heavy atom. The summed E-state index contributed by atoms with van der Waals surface area (Å²) in [7, 11) is 0. The molecule has 126 valence electrons. The molecule has 0 fully saturated rings. The van der Waals surface area contributed by atoms with Gasteiger partial charge < -0.3 is 15.2 Å². The van der Waals surface area contributed by atoms with E-state index in [9.17, 15) is 14.7 Å². The number of amides is 1. The third-order valence-corrected chi connectivity index (χ3v) is 3.58. The second kappa shape index (κ2) is 8.15. The molecule has 2 N–H and O–H groups in total. The molecular weight excluding hydrogens is 306 g/mol. The normalized spacial score (nSPS) is 11.8. The Balaban J connectivity index is 1.97. The Kier molecular flexibility index (Phi) is 5.95. The maximum absolute atomic E-state index is 12.0. The van der Waals surface area contributed by atoms with Crippen molar-refractivity contribution in [3.63, 3.8) is 0 Å². The van der Waals surface area contributed by atoms with Crippen molar-refractivity contribution in [3.05, 3.63) is 65.7 Å². The SMILES string of the molecule is CC(C)c1cccc(OCC(=O)N[C@@H](C(=O)O)c2ccccc2)c1. The summed E-state index contributed by atoms with van der Waals surface area (Å²) in [6.45, 7) is 3.91. The number of carbonyl (C=O) groups excluding carboxylic acids is 1. The predicted molar refractivity (Wildman–Crippen MR) is 91.0 cm³/mol. The first-order valence-corrected chi connectivity index (χ1v) is 7.77.